The number of halogens is 3. The summed E-state index contributed by atoms with van der Waals surface area (Å²) in [6.45, 7) is 9.42. The van der Waals surface area contributed by atoms with Crippen molar-refractivity contribution >= 4 is 28.4 Å². The number of hydrogen-bond donors (Lipinski definition) is 0. The second kappa shape index (κ2) is 10.9. The molecule has 0 spiro atoms. The molecule has 1 aliphatic carbocycles. The third-order valence-corrected chi connectivity index (χ3v) is 9.55. The maximum atomic E-state index is 14.4. The lowest BCUT2D eigenvalue weighted by Crippen LogP contribution is -2.58. The Morgan fingerprint density at radius 3 is 2.53 bits per heavy atom. The highest BCUT2D eigenvalue weighted by Crippen LogP contribution is 2.42. The van der Waals surface area contributed by atoms with Gasteiger partial charge in [-0.25, -0.2) is 13.5 Å². The van der Waals surface area contributed by atoms with Gasteiger partial charge in [0.15, 0.2) is 0 Å². The van der Waals surface area contributed by atoms with Crippen LogP contribution in [0.3, 0.4) is 0 Å². The number of pyridine rings is 1. The number of piperazine rings is 1. The van der Waals surface area contributed by atoms with Gasteiger partial charge in [-0.3, -0.25) is 14.5 Å². The average Bonchev–Trinajstić information content (AvgIpc) is 3.72. The summed E-state index contributed by atoms with van der Waals surface area (Å²) in [5, 5.41) is 9.00. The van der Waals surface area contributed by atoms with E-state index in [0.29, 0.717) is 37.3 Å². The number of rotatable bonds is 5. The van der Waals surface area contributed by atoms with Crippen molar-refractivity contribution in [3.63, 3.8) is 0 Å². The summed E-state index contributed by atoms with van der Waals surface area (Å²) in [6.07, 6.45) is 5.98. The number of carbonyl (C=O) groups is 1. The first-order chi connectivity index (χ1) is 21.4. The molecule has 1 saturated carbocycles. The molecule has 0 radical (unpaired) electrons. The minimum Gasteiger partial charge on any atom is -0.487 e. The van der Waals surface area contributed by atoms with Gasteiger partial charge in [0.05, 0.1) is 28.5 Å². The first-order valence-corrected chi connectivity index (χ1v) is 15.7. The second-order valence-corrected chi connectivity index (χ2v) is 13.7. The fourth-order valence-electron chi connectivity index (χ4n) is 6.90. The molecule has 3 atom stereocenters. The average molecular weight is 637 g/mol. The second-order valence-electron chi connectivity index (χ2n) is 13.3. The third-order valence-electron chi connectivity index (χ3n) is 9.26. The zero-order valence-electron chi connectivity index (χ0n) is 25.6. The Morgan fingerprint density at radius 1 is 1.09 bits per heavy atom. The lowest BCUT2D eigenvalue weighted by molar-refractivity contribution is 0.0263. The van der Waals surface area contributed by atoms with Crippen LogP contribution in [0.15, 0.2) is 47.5 Å². The van der Waals surface area contributed by atoms with E-state index in [1.54, 1.807) is 21.8 Å². The molecule has 12 heteroatoms. The van der Waals surface area contributed by atoms with Gasteiger partial charge in [-0.15, -0.1) is 5.10 Å². The number of fused-ring (bicyclic) bond motifs is 2. The van der Waals surface area contributed by atoms with Gasteiger partial charge in [-0.1, -0.05) is 16.8 Å². The number of ether oxygens (including phenoxy) is 1. The van der Waals surface area contributed by atoms with Crippen molar-refractivity contribution in [1.29, 1.82) is 0 Å². The van der Waals surface area contributed by atoms with Crippen LogP contribution in [0.4, 0.5) is 8.78 Å². The molecule has 4 aromatic rings. The van der Waals surface area contributed by atoms with Crippen LogP contribution >= 0.6 is 11.6 Å². The summed E-state index contributed by atoms with van der Waals surface area (Å²) in [5.41, 5.74) is 1.14. The van der Waals surface area contributed by atoms with Crippen molar-refractivity contribution in [2.45, 2.75) is 83.3 Å². The SMILES string of the molecule is C[C@@H]1CN(C(=O)c2cn(C3CC3)c3cc(Cl)c(F)cc3c2=O)C[C@H](C)N1Cc1cn([C@H]2CC(C)(C)Oc3ccc(F)cc32)nn1. The highest BCUT2D eigenvalue weighted by Gasteiger charge is 2.37. The molecule has 1 saturated heterocycles. The Bertz CT molecular complexity index is 1870. The van der Waals surface area contributed by atoms with E-state index in [1.807, 2.05) is 38.5 Å². The zero-order chi connectivity index (χ0) is 31.8. The normalized spacial score (nSPS) is 23.2. The quantitative estimate of drug-likeness (QED) is 0.278. The van der Waals surface area contributed by atoms with Gasteiger partial charge < -0.3 is 14.2 Å². The van der Waals surface area contributed by atoms with Crippen LogP contribution < -0.4 is 10.2 Å². The van der Waals surface area contributed by atoms with Crippen LogP contribution in [0.1, 0.15) is 80.7 Å². The monoisotopic (exact) mass is 636 g/mol. The smallest absolute Gasteiger partial charge is 0.259 e. The molecule has 2 aromatic carbocycles. The van der Waals surface area contributed by atoms with Crippen LogP contribution in [0.5, 0.6) is 5.75 Å². The predicted octanol–water partition coefficient (Wildman–Crippen LogP) is 5.75. The van der Waals surface area contributed by atoms with Gasteiger partial charge in [-0.2, -0.15) is 0 Å². The van der Waals surface area contributed by atoms with Crippen molar-refractivity contribution in [2.75, 3.05) is 13.1 Å². The Kier molecular flexibility index (Phi) is 7.24. The summed E-state index contributed by atoms with van der Waals surface area (Å²) in [7, 11) is 0. The van der Waals surface area contributed by atoms with Gasteiger partial charge >= 0.3 is 0 Å². The van der Waals surface area contributed by atoms with Crippen molar-refractivity contribution in [1.82, 2.24) is 29.4 Å². The van der Waals surface area contributed by atoms with Crippen molar-refractivity contribution in [2.24, 2.45) is 0 Å². The van der Waals surface area contributed by atoms with Crippen molar-refractivity contribution in [3.8, 4) is 5.75 Å². The van der Waals surface area contributed by atoms with E-state index in [0.717, 1.165) is 30.2 Å². The number of nitrogens with zero attached hydrogens (tertiary/aromatic N) is 6. The van der Waals surface area contributed by atoms with Crippen LogP contribution in [-0.4, -0.2) is 66.0 Å². The minimum atomic E-state index is -0.682. The van der Waals surface area contributed by atoms with Crippen LogP contribution in [0, 0.1) is 11.6 Å². The van der Waals surface area contributed by atoms with E-state index in [4.69, 9.17) is 16.3 Å². The van der Waals surface area contributed by atoms with E-state index in [9.17, 15) is 18.4 Å². The van der Waals surface area contributed by atoms with E-state index in [1.165, 1.54) is 18.2 Å². The van der Waals surface area contributed by atoms with E-state index in [-0.39, 0.29) is 51.9 Å². The summed E-state index contributed by atoms with van der Waals surface area (Å²) in [4.78, 5) is 31.3. The summed E-state index contributed by atoms with van der Waals surface area (Å²) < 4.78 is 38.4. The van der Waals surface area contributed by atoms with Gasteiger partial charge in [0.1, 0.15) is 28.5 Å². The first-order valence-electron chi connectivity index (χ1n) is 15.4. The van der Waals surface area contributed by atoms with Gasteiger partial charge in [0.25, 0.3) is 5.91 Å². The lowest BCUT2D eigenvalue weighted by Gasteiger charge is -2.44. The maximum absolute atomic E-state index is 14.4. The lowest BCUT2D eigenvalue weighted by atomic mass is 9.90. The molecule has 3 aliphatic rings. The van der Waals surface area contributed by atoms with Gasteiger partial charge in [-0.05, 0) is 70.9 Å². The van der Waals surface area contributed by atoms with Crippen LogP contribution in [0.2, 0.25) is 5.02 Å². The highest BCUT2D eigenvalue weighted by molar-refractivity contribution is 6.31. The molecule has 2 fully saturated rings. The first kappa shape index (κ1) is 29.9. The molecule has 2 aliphatic heterocycles. The van der Waals surface area contributed by atoms with E-state index < -0.39 is 16.8 Å². The zero-order valence-corrected chi connectivity index (χ0v) is 26.4. The third kappa shape index (κ3) is 5.50. The molecule has 0 N–H and O–H groups in total. The van der Waals surface area contributed by atoms with Crippen LogP contribution in [0.25, 0.3) is 10.9 Å². The van der Waals surface area contributed by atoms with Crippen LogP contribution in [-0.2, 0) is 6.54 Å². The van der Waals surface area contributed by atoms with E-state index in [2.05, 4.69) is 15.2 Å². The number of carbonyl (C=O) groups excluding carboxylic acids is 1. The molecule has 7 rings (SSSR count). The number of aromatic nitrogens is 4. The number of amides is 1. The molecule has 45 heavy (non-hydrogen) atoms. The minimum absolute atomic E-state index is 0.0398. The molecule has 1 amide bonds. The van der Waals surface area contributed by atoms with Gasteiger partial charge in [0.2, 0.25) is 5.43 Å². The largest absolute Gasteiger partial charge is 0.487 e. The summed E-state index contributed by atoms with van der Waals surface area (Å²) >= 11 is 6.04. The fraction of sp³-hybridized carbons (Fsp3) is 0.455. The molecule has 0 bridgehead atoms. The molecule has 236 valence electrons. The Balaban J connectivity index is 1.10. The standard InChI is InChI=1S/C33H35ClF2N6O3/c1-18-13-39(32(44)25-17-41(22-6-7-22)28-11-26(34)27(36)10-24(28)31(25)43)14-19(2)40(18)15-21-16-42(38-37-21)29-12-33(3,4)45-30-8-5-20(35)9-23(29)30/h5,8-11,16-19,22,29H,6-7,12-15H2,1-4H3/t18-,19+,29-/m0/s1. The summed E-state index contributed by atoms with van der Waals surface area (Å²) in [5.74, 6) is -0.729. The fourth-order valence-corrected chi connectivity index (χ4v) is 7.06. The number of benzene rings is 2. The maximum Gasteiger partial charge on any atom is 0.259 e. The molecule has 2 aromatic heterocycles. The highest BCUT2D eigenvalue weighted by atomic mass is 35.5. The topological polar surface area (TPSA) is 85.5 Å². The Labute approximate surface area is 264 Å². The van der Waals surface area contributed by atoms with Crippen molar-refractivity contribution in [3.05, 3.63) is 86.4 Å². The predicted molar refractivity (Wildman–Crippen MR) is 166 cm³/mol. The Hall–Kier alpha value is -3.83. The molecule has 4 heterocycles. The van der Waals surface area contributed by atoms with Crippen molar-refractivity contribution < 1.29 is 18.3 Å². The molecular formula is C33H35ClF2N6O3. The molecule has 9 nitrogen and oxygen atoms in total. The molecule has 0 unspecified atom stereocenters. The number of hydrogen-bond acceptors (Lipinski definition) is 6. The summed E-state index contributed by atoms with van der Waals surface area (Å²) in [6, 6.07) is 7.02. The molecular weight excluding hydrogens is 602 g/mol. The Morgan fingerprint density at radius 2 is 1.82 bits per heavy atom. The van der Waals surface area contributed by atoms with E-state index >= 15 is 0 Å². The van der Waals surface area contributed by atoms with Gasteiger partial charge in [0, 0.05) is 61.3 Å².